The van der Waals surface area contributed by atoms with E-state index in [9.17, 15) is 0 Å². The first-order valence-electron chi connectivity index (χ1n) is 7.53. The van der Waals surface area contributed by atoms with Crippen molar-refractivity contribution in [2.24, 2.45) is 11.3 Å². The van der Waals surface area contributed by atoms with Gasteiger partial charge in [-0.1, -0.05) is 50.9 Å². The molecule has 106 valence electrons. The summed E-state index contributed by atoms with van der Waals surface area (Å²) < 4.78 is 0. The van der Waals surface area contributed by atoms with Gasteiger partial charge in [0.15, 0.2) is 0 Å². The van der Waals surface area contributed by atoms with Crippen LogP contribution in [0.4, 0.5) is 0 Å². The molecule has 0 radical (unpaired) electrons. The molecule has 19 heavy (non-hydrogen) atoms. The van der Waals surface area contributed by atoms with E-state index in [1.807, 2.05) is 6.07 Å². The highest BCUT2D eigenvalue weighted by molar-refractivity contribution is 6.30. The second-order valence-corrected chi connectivity index (χ2v) is 6.91. The largest absolute Gasteiger partial charge is 0.310 e. The van der Waals surface area contributed by atoms with Crippen LogP contribution in [0.1, 0.15) is 58.1 Å². The Hall–Kier alpha value is -0.530. The summed E-state index contributed by atoms with van der Waals surface area (Å²) in [6.07, 6.45) is 5.18. The van der Waals surface area contributed by atoms with E-state index in [1.54, 1.807) is 0 Å². The maximum absolute atomic E-state index is 6.17. The highest BCUT2D eigenvalue weighted by Crippen LogP contribution is 2.48. The summed E-state index contributed by atoms with van der Waals surface area (Å²) in [6.45, 7) is 8.12. The first kappa shape index (κ1) is 14.9. The summed E-state index contributed by atoms with van der Waals surface area (Å²) in [5.74, 6) is 0.706. The third kappa shape index (κ3) is 3.52. The van der Waals surface area contributed by atoms with Crippen LogP contribution in [-0.4, -0.2) is 6.54 Å². The highest BCUT2D eigenvalue weighted by atomic mass is 35.5. The van der Waals surface area contributed by atoms with Crippen molar-refractivity contribution in [1.82, 2.24) is 5.32 Å². The Morgan fingerprint density at radius 1 is 1.42 bits per heavy atom. The predicted octanol–water partition coefficient (Wildman–Crippen LogP) is 5.21. The third-order valence-corrected chi connectivity index (χ3v) is 4.80. The van der Waals surface area contributed by atoms with E-state index < -0.39 is 0 Å². The second kappa shape index (κ2) is 6.28. The normalized spacial score (nSPS) is 23.5. The number of halogens is 1. The number of rotatable bonds is 5. The molecule has 0 heterocycles. The van der Waals surface area contributed by atoms with E-state index in [2.05, 4.69) is 44.3 Å². The van der Waals surface area contributed by atoms with Gasteiger partial charge in [-0.3, -0.25) is 0 Å². The maximum atomic E-state index is 6.17. The van der Waals surface area contributed by atoms with E-state index in [0.29, 0.717) is 17.4 Å². The minimum Gasteiger partial charge on any atom is -0.310 e. The van der Waals surface area contributed by atoms with E-state index in [-0.39, 0.29) is 0 Å². The monoisotopic (exact) mass is 279 g/mol. The number of benzene rings is 1. The third-order valence-electron chi connectivity index (χ3n) is 4.56. The summed E-state index contributed by atoms with van der Waals surface area (Å²) in [4.78, 5) is 0. The zero-order valence-electron chi connectivity index (χ0n) is 12.4. The Balaban J connectivity index is 2.25. The van der Waals surface area contributed by atoms with Crippen LogP contribution in [0.2, 0.25) is 5.02 Å². The van der Waals surface area contributed by atoms with Gasteiger partial charge in [0.1, 0.15) is 0 Å². The standard InChI is InChI=1S/C17H26ClN/c1-4-11-19-16(13-7-5-8-14(18)12-13)15-9-6-10-17(15,2)3/h5,7-8,12,15-16,19H,4,6,9-11H2,1-3H3. The van der Waals surface area contributed by atoms with Gasteiger partial charge in [0, 0.05) is 11.1 Å². The maximum Gasteiger partial charge on any atom is 0.0409 e. The molecule has 1 aliphatic carbocycles. The second-order valence-electron chi connectivity index (χ2n) is 6.47. The summed E-state index contributed by atoms with van der Waals surface area (Å²) >= 11 is 6.17. The van der Waals surface area contributed by atoms with Crippen LogP contribution < -0.4 is 5.32 Å². The van der Waals surface area contributed by atoms with Crippen molar-refractivity contribution >= 4 is 11.6 Å². The first-order valence-corrected chi connectivity index (χ1v) is 7.91. The van der Waals surface area contributed by atoms with Crippen molar-refractivity contribution in [3.63, 3.8) is 0 Å². The lowest BCUT2D eigenvalue weighted by atomic mass is 9.75. The molecule has 0 spiro atoms. The molecule has 2 unspecified atom stereocenters. The molecular formula is C17H26ClN. The van der Waals surface area contributed by atoms with Gasteiger partial charge in [0.05, 0.1) is 0 Å². The van der Waals surface area contributed by atoms with Crippen LogP contribution in [0.15, 0.2) is 24.3 Å². The molecule has 1 saturated carbocycles. The van der Waals surface area contributed by atoms with Gasteiger partial charge in [0.25, 0.3) is 0 Å². The Morgan fingerprint density at radius 2 is 2.21 bits per heavy atom. The topological polar surface area (TPSA) is 12.0 Å². The van der Waals surface area contributed by atoms with Crippen molar-refractivity contribution in [3.05, 3.63) is 34.9 Å². The summed E-state index contributed by atoms with van der Waals surface area (Å²) in [5, 5.41) is 4.60. The van der Waals surface area contributed by atoms with Gasteiger partial charge >= 0.3 is 0 Å². The molecule has 1 nitrogen and oxygen atoms in total. The molecular weight excluding hydrogens is 254 g/mol. The average Bonchev–Trinajstić information content (AvgIpc) is 2.70. The van der Waals surface area contributed by atoms with E-state index in [1.165, 1.54) is 31.2 Å². The zero-order valence-corrected chi connectivity index (χ0v) is 13.1. The molecule has 1 fully saturated rings. The Morgan fingerprint density at radius 3 is 2.79 bits per heavy atom. The van der Waals surface area contributed by atoms with Crippen molar-refractivity contribution in [3.8, 4) is 0 Å². The lowest BCUT2D eigenvalue weighted by Crippen LogP contribution is -2.34. The molecule has 0 bridgehead atoms. The van der Waals surface area contributed by atoms with Crippen LogP contribution in [0.25, 0.3) is 0 Å². The van der Waals surface area contributed by atoms with Crippen LogP contribution in [-0.2, 0) is 0 Å². The molecule has 0 amide bonds. The van der Waals surface area contributed by atoms with Crippen molar-refractivity contribution in [2.45, 2.75) is 52.5 Å². The molecule has 2 heteroatoms. The van der Waals surface area contributed by atoms with Gasteiger partial charge in [-0.25, -0.2) is 0 Å². The fourth-order valence-electron chi connectivity index (χ4n) is 3.46. The van der Waals surface area contributed by atoms with Crippen molar-refractivity contribution < 1.29 is 0 Å². The van der Waals surface area contributed by atoms with Gasteiger partial charge in [-0.15, -0.1) is 0 Å². The fourth-order valence-corrected chi connectivity index (χ4v) is 3.66. The Labute approximate surface area is 122 Å². The summed E-state index contributed by atoms with van der Waals surface area (Å²) in [6, 6.07) is 8.81. The molecule has 1 aromatic rings. The molecule has 1 aliphatic rings. The minimum atomic E-state index is 0.424. The van der Waals surface area contributed by atoms with Crippen LogP contribution in [0.3, 0.4) is 0 Å². The Bertz CT molecular complexity index is 413. The number of hydrogen-bond acceptors (Lipinski definition) is 1. The minimum absolute atomic E-state index is 0.424. The molecule has 1 aromatic carbocycles. The molecule has 2 rings (SSSR count). The highest BCUT2D eigenvalue weighted by Gasteiger charge is 2.39. The lowest BCUT2D eigenvalue weighted by molar-refractivity contribution is 0.198. The van der Waals surface area contributed by atoms with Crippen LogP contribution in [0, 0.1) is 11.3 Å². The summed E-state index contributed by atoms with van der Waals surface area (Å²) in [7, 11) is 0. The molecule has 0 aliphatic heterocycles. The summed E-state index contributed by atoms with van der Waals surface area (Å²) in [5.41, 5.74) is 1.77. The fraction of sp³-hybridized carbons (Fsp3) is 0.647. The van der Waals surface area contributed by atoms with Gasteiger partial charge < -0.3 is 5.32 Å². The number of nitrogens with one attached hydrogen (secondary N) is 1. The van der Waals surface area contributed by atoms with Crippen molar-refractivity contribution in [2.75, 3.05) is 6.54 Å². The molecule has 1 N–H and O–H groups in total. The van der Waals surface area contributed by atoms with E-state index in [0.717, 1.165) is 11.6 Å². The molecule has 0 aromatic heterocycles. The van der Waals surface area contributed by atoms with Crippen molar-refractivity contribution in [1.29, 1.82) is 0 Å². The lowest BCUT2D eigenvalue weighted by Gasteiger charge is -2.35. The molecule has 0 saturated heterocycles. The van der Waals surface area contributed by atoms with Crippen LogP contribution in [0.5, 0.6) is 0 Å². The smallest absolute Gasteiger partial charge is 0.0409 e. The average molecular weight is 280 g/mol. The van der Waals surface area contributed by atoms with Gasteiger partial charge in [-0.05, 0) is 54.8 Å². The van der Waals surface area contributed by atoms with Gasteiger partial charge in [0.2, 0.25) is 0 Å². The molecule has 2 atom stereocenters. The predicted molar refractivity (Wildman–Crippen MR) is 83.6 cm³/mol. The van der Waals surface area contributed by atoms with E-state index in [4.69, 9.17) is 11.6 Å². The van der Waals surface area contributed by atoms with Crippen LogP contribution >= 0.6 is 11.6 Å². The SMILES string of the molecule is CCCNC(c1cccc(Cl)c1)C1CCCC1(C)C. The van der Waals surface area contributed by atoms with E-state index >= 15 is 0 Å². The number of hydrogen-bond donors (Lipinski definition) is 1. The van der Waals surface area contributed by atoms with Gasteiger partial charge in [-0.2, -0.15) is 0 Å². The first-order chi connectivity index (χ1) is 9.04. The quantitative estimate of drug-likeness (QED) is 0.780. The Kier molecular flexibility index (Phi) is 4.92. The zero-order chi connectivity index (χ0) is 13.9.